The highest BCUT2D eigenvalue weighted by atomic mass is 16.5. The van der Waals surface area contributed by atoms with E-state index >= 15 is 0 Å². The summed E-state index contributed by atoms with van der Waals surface area (Å²) in [5.74, 6) is 1.50. The number of hydrogen-bond acceptors (Lipinski definition) is 10. The van der Waals surface area contributed by atoms with Crippen LogP contribution in [0.15, 0.2) is 30.7 Å². The maximum absolute atomic E-state index is 13.4. The molecule has 12 nitrogen and oxygen atoms in total. The number of methoxy groups -OCH3 is 2. The zero-order valence-corrected chi connectivity index (χ0v) is 24.5. The molecule has 1 aliphatic heterocycles. The first kappa shape index (κ1) is 28.7. The van der Waals surface area contributed by atoms with Crippen molar-refractivity contribution in [2.75, 3.05) is 64.7 Å². The maximum atomic E-state index is 13.4. The molecule has 218 valence electrons. The number of anilines is 3. The van der Waals surface area contributed by atoms with Crippen LogP contribution in [0.3, 0.4) is 0 Å². The highest BCUT2D eigenvalue weighted by Gasteiger charge is 2.29. The number of pyridine rings is 1. The third-order valence-corrected chi connectivity index (χ3v) is 7.68. The number of rotatable bonds is 11. The largest absolute Gasteiger partial charge is 0.478 e. The van der Waals surface area contributed by atoms with Crippen LogP contribution in [-0.4, -0.2) is 101 Å². The van der Waals surface area contributed by atoms with Crippen molar-refractivity contribution in [1.82, 2.24) is 34.5 Å². The van der Waals surface area contributed by atoms with Gasteiger partial charge < -0.3 is 25.0 Å². The fourth-order valence-electron chi connectivity index (χ4n) is 5.38. The summed E-state index contributed by atoms with van der Waals surface area (Å²) in [7, 11) is 5.35. The van der Waals surface area contributed by atoms with Gasteiger partial charge in [0.25, 0.3) is 5.88 Å². The molecule has 0 spiro atoms. The van der Waals surface area contributed by atoms with Gasteiger partial charge in [0.2, 0.25) is 11.9 Å². The lowest BCUT2D eigenvalue weighted by Gasteiger charge is -2.36. The Labute approximate surface area is 240 Å². The predicted molar refractivity (Wildman–Crippen MR) is 158 cm³/mol. The lowest BCUT2D eigenvalue weighted by atomic mass is 10.0. The second-order valence-electron chi connectivity index (χ2n) is 10.4. The minimum Gasteiger partial charge on any atom is -0.478 e. The van der Waals surface area contributed by atoms with Crippen LogP contribution in [0.5, 0.6) is 5.88 Å². The molecule has 0 radical (unpaired) electrons. The molecule has 3 aromatic rings. The fraction of sp³-hybridized carbons (Fsp3) is 0.483. The second-order valence-corrected chi connectivity index (χ2v) is 10.4. The quantitative estimate of drug-likeness (QED) is 0.361. The number of aryl methyl sites for hydroxylation is 1. The highest BCUT2D eigenvalue weighted by molar-refractivity contribution is 5.96. The molecule has 3 aromatic heterocycles. The van der Waals surface area contributed by atoms with Crippen molar-refractivity contribution >= 4 is 28.9 Å². The molecule has 0 saturated carbocycles. The van der Waals surface area contributed by atoms with Crippen molar-refractivity contribution in [2.24, 2.45) is 0 Å². The molecule has 1 aliphatic carbocycles. The molecule has 5 rings (SSSR count). The number of nitrogens with one attached hydrogen (secondary N) is 2. The topological polar surface area (TPSA) is 123 Å². The summed E-state index contributed by atoms with van der Waals surface area (Å²) < 4.78 is 12.4. The Morgan fingerprint density at radius 2 is 1.98 bits per heavy atom. The smallest absolute Gasteiger partial charge is 0.256 e. The normalized spacial score (nSPS) is 16.3. The number of fused-ring (bicyclic) bond motifs is 1. The maximum Gasteiger partial charge on any atom is 0.256 e. The number of carbonyl (C=O) groups excluding carboxylic acids is 1. The van der Waals surface area contributed by atoms with Gasteiger partial charge in [-0.1, -0.05) is 13.0 Å². The number of piperazine rings is 1. The van der Waals surface area contributed by atoms with Crippen LogP contribution < -0.4 is 15.4 Å². The summed E-state index contributed by atoms with van der Waals surface area (Å²) in [6, 6.07) is 1.81. The first-order chi connectivity index (χ1) is 19.9. The van der Waals surface area contributed by atoms with Crippen molar-refractivity contribution in [3.8, 4) is 5.88 Å². The number of carbonyl (C=O) groups is 1. The van der Waals surface area contributed by atoms with Gasteiger partial charge in [-0.2, -0.15) is 0 Å². The van der Waals surface area contributed by atoms with Crippen LogP contribution in [-0.2, 0) is 22.5 Å². The molecular weight excluding hydrogens is 522 g/mol. The number of nitrogens with zero attached hydrogens (tertiary/aromatic N) is 7. The third-order valence-electron chi connectivity index (χ3n) is 7.68. The van der Waals surface area contributed by atoms with E-state index in [1.165, 1.54) is 0 Å². The minimum atomic E-state index is -0.177. The van der Waals surface area contributed by atoms with Crippen molar-refractivity contribution in [3.05, 3.63) is 53.1 Å². The molecule has 12 heteroatoms. The van der Waals surface area contributed by atoms with E-state index in [-0.39, 0.29) is 11.9 Å². The van der Waals surface area contributed by atoms with Gasteiger partial charge in [0.1, 0.15) is 11.5 Å². The summed E-state index contributed by atoms with van der Waals surface area (Å²) in [4.78, 5) is 31.9. The van der Waals surface area contributed by atoms with Crippen LogP contribution in [0, 0.1) is 6.92 Å². The van der Waals surface area contributed by atoms with E-state index in [4.69, 9.17) is 14.5 Å². The van der Waals surface area contributed by atoms with Gasteiger partial charge in [0.05, 0.1) is 38.2 Å². The standard InChI is InChI=1S/C29H39N9O3/c1-6-24(37-13-11-36(3)12-14-37)27(39)34-26-22-8-7-21(20(22)9-10-30-26)25-19(2)17-31-29(33-25)32-23-18-38(15-16-40-4)35-28(23)41-5/h7,9-10,17-18,24H,6,8,11-16H2,1-5H3,(H,30,34,39)(H,31,32,33). The van der Waals surface area contributed by atoms with Gasteiger partial charge in [-0.05, 0) is 44.0 Å². The Hall–Kier alpha value is -3.87. The Balaban J connectivity index is 1.35. The van der Waals surface area contributed by atoms with Crippen LogP contribution in [0.1, 0.15) is 35.7 Å². The zero-order chi connectivity index (χ0) is 28.9. The molecule has 0 aromatic carbocycles. The van der Waals surface area contributed by atoms with Crippen molar-refractivity contribution < 1.29 is 14.3 Å². The van der Waals surface area contributed by atoms with Crippen LogP contribution in [0.25, 0.3) is 5.57 Å². The zero-order valence-electron chi connectivity index (χ0n) is 24.5. The van der Waals surface area contributed by atoms with E-state index < -0.39 is 0 Å². The second kappa shape index (κ2) is 12.8. The Bertz CT molecular complexity index is 1410. The van der Waals surface area contributed by atoms with Gasteiger partial charge >= 0.3 is 0 Å². The number of amides is 1. The Morgan fingerprint density at radius 3 is 2.71 bits per heavy atom. The molecule has 4 heterocycles. The lowest BCUT2D eigenvalue weighted by molar-refractivity contribution is -0.122. The van der Waals surface area contributed by atoms with Gasteiger partial charge in [0.15, 0.2) is 0 Å². The SMILES string of the molecule is CCC(C(=O)Nc1nccc2c1CC=C2c1nc(Nc2cn(CCOC)nc2OC)ncc1C)N1CCN(C)CC1. The average Bonchev–Trinajstić information content (AvgIpc) is 3.58. The number of likely N-dealkylation sites (N-methyl/N-ethyl adjacent to an activating group) is 1. The minimum absolute atomic E-state index is 0.00361. The summed E-state index contributed by atoms with van der Waals surface area (Å²) in [5, 5.41) is 10.8. The monoisotopic (exact) mass is 561 g/mol. The van der Waals surface area contributed by atoms with Crippen LogP contribution >= 0.6 is 0 Å². The fourth-order valence-corrected chi connectivity index (χ4v) is 5.38. The number of hydrogen-bond donors (Lipinski definition) is 2. The summed E-state index contributed by atoms with van der Waals surface area (Å²) >= 11 is 0. The molecule has 1 saturated heterocycles. The van der Waals surface area contributed by atoms with Crippen molar-refractivity contribution in [1.29, 1.82) is 0 Å². The Kier molecular flexibility index (Phi) is 8.91. The van der Waals surface area contributed by atoms with E-state index in [0.717, 1.165) is 60.6 Å². The van der Waals surface area contributed by atoms with Gasteiger partial charge in [-0.15, -0.1) is 5.10 Å². The molecule has 1 fully saturated rings. The molecule has 1 atom stereocenters. The first-order valence-corrected chi connectivity index (χ1v) is 14.0. The summed E-state index contributed by atoms with van der Waals surface area (Å²) in [6.07, 6.45) is 8.95. The van der Waals surface area contributed by atoms with Gasteiger partial charge in [-0.25, -0.2) is 15.0 Å². The first-order valence-electron chi connectivity index (χ1n) is 14.0. The average molecular weight is 562 g/mol. The summed E-state index contributed by atoms with van der Waals surface area (Å²) in [6.45, 7) is 8.90. The van der Waals surface area contributed by atoms with Crippen molar-refractivity contribution in [2.45, 2.75) is 39.3 Å². The van der Waals surface area contributed by atoms with E-state index in [9.17, 15) is 4.79 Å². The molecule has 41 heavy (non-hydrogen) atoms. The van der Waals surface area contributed by atoms with Gasteiger partial charge in [0, 0.05) is 56.8 Å². The van der Waals surface area contributed by atoms with Crippen molar-refractivity contribution in [3.63, 3.8) is 0 Å². The van der Waals surface area contributed by atoms with Crippen LogP contribution in [0.4, 0.5) is 17.5 Å². The van der Waals surface area contributed by atoms with E-state index in [1.54, 1.807) is 31.3 Å². The van der Waals surface area contributed by atoms with Crippen LogP contribution in [0.2, 0.25) is 0 Å². The molecule has 1 unspecified atom stereocenters. The molecule has 2 N–H and O–H groups in total. The molecule has 2 aliphatic rings. The Morgan fingerprint density at radius 1 is 1.17 bits per heavy atom. The van der Waals surface area contributed by atoms with Gasteiger partial charge in [-0.3, -0.25) is 14.4 Å². The van der Waals surface area contributed by atoms with E-state index in [0.29, 0.717) is 42.9 Å². The molecular formula is C29H39N9O3. The van der Waals surface area contributed by atoms with E-state index in [2.05, 4.69) is 55.5 Å². The number of allylic oxidation sites excluding steroid dienone is 1. The molecule has 1 amide bonds. The summed E-state index contributed by atoms with van der Waals surface area (Å²) in [5.41, 5.74) is 5.44. The number of aromatic nitrogens is 5. The lowest BCUT2D eigenvalue weighted by Crippen LogP contribution is -2.52. The third kappa shape index (κ3) is 6.24. The molecule has 0 bridgehead atoms. The highest BCUT2D eigenvalue weighted by Crippen LogP contribution is 2.36. The van der Waals surface area contributed by atoms with E-state index in [1.807, 2.05) is 19.2 Å². The predicted octanol–water partition coefficient (Wildman–Crippen LogP) is 2.73. The number of ether oxygens (including phenoxy) is 2.